The van der Waals surface area contributed by atoms with E-state index in [9.17, 15) is 14.9 Å². The first kappa shape index (κ1) is 20.4. The Morgan fingerprint density at radius 2 is 1.93 bits per heavy atom. The molecule has 2 aromatic heterocycles. The Morgan fingerprint density at radius 1 is 1.21 bits per heavy atom. The molecule has 29 heavy (non-hydrogen) atoms. The van der Waals surface area contributed by atoms with Gasteiger partial charge in [-0.2, -0.15) is 5.26 Å². The average molecular weight is 407 g/mol. The second kappa shape index (κ2) is 8.80. The summed E-state index contributed by atoms with van der Waals surface area (Å²) in [6.07, 6.45) is 0.199. The molecule has 0 aliphatic rings. The molecule has 0 spiro atoms. The lowest BCUT2D eigenvalue weighted by Gasteiger charge is -2.07. The van der Waals surface area contributed by atoms with Crippen molar-refractivity contribution in [2.24, 2.45) is 7.05 Å². The number of aromatic nitrogens is 3. The van der Waals surface area contributed by atoms with E-state index in [2.05, 4.69) is 16.4 Å². The molecule has 8 heteroatoms. The monoisotopic (exact) mass is 407 g/mol. The van der Waals surface area contributed by atoms with E-state index in [1.54, 1.807) is 30.8 Å². The Kier molecular flexibility index (Phi) is 6.20. The number of benzene rings is 1. The van der Waals surface area contributed by atoms with Crippen molar-refractivity contribution in [3.8, 4) is 11.8 Å². The van der Waals surface area contributed by atoms with Crippen molar-refractivity contribution in [3.05, 3.63) is 69.8 Å². The molecule has 0 aliphatic heterocycles. The maximum absolute atomic E-state index is 12.8. The molecule has 1 N–H and O–H groups in total. The minimum atomic E-state index is -0.274. The van der Waals surface area contributed by atoms with Crippen molar-refractivity contribution in [2.45, 2.75) is 25.3 Å². The number of thioether (sulfide) groups is 1. The summed E-state index contributed by atoms with van der Waals surface area (Å²) in [5, 5.41) is 12.5. The number of carbonyl (C=O) groups excluding carboxylic acids is 1. The smallest absolute Gasteiger partial charge is 0.295 e. The van der Waals surface area contributed by atoms with E-state index in [1.807, 2.05) is 37.3 Å². The Morgan fingerprint density at radius 3 is 2.62 bits per heavy atom. The van der Waals surface area contributed by atoms with E-state index < -0.39 is 0 Å². The Bertz CT molecular complexity index is 1140. The fourth-order valence-corrected chi connectivity index (χ4v) is 3.84. The minimum absolute atomic E-state index is 0.199. The first-order chi connectivity index (χ1) is 13.9. The number of aryl methyl sites for hydroxylation is 1. The first-order valence-corrected chi connectivity index (χ1v) is 10.1. The van der Waals surface area contributed by atoms with Gasteiger partial charge in [-0.05, 0) is 38.1 Å². The van der Waals surface area contributed by atoms with Crippen LogP contribution in [0.25, 0.3) is 5.69 Å². The molecule has 1 aromatic carbocycles. The van der Waals surface area contributed by atoms with Crippen LogP contribution in [0.15, 0.2) is 52.3 Å². The number of rotatable bonds is 6. The molecular formula is C21H21N5O2S. The second-order valence-corrected chi connectivity index (χ2v) is 7.58. The van der Waals surface area contributed by atoms with Crippen molar-refractivity contribution in [1.82, 2.24) is 14.3 Å². The van der Waals surface area contributed by atoms with Gasteiger partial charge in [0.15, 0.2) is 0 Å². The van der Waals surface area contributed by atoms with Crippen molar-refractivity contribution >= 4 is 23.4 Å². The third-order valence-electron chi connectivity index (χ3n) is 4.51. The molecule has 0 fully saturated rings. The molecule has 0 saturated heterocycles. The zero-order chi connectivity index (χ0) is 21.0. The zero-order valence-electron chi connectivity index (χ0n) is 16.5. The van der Waals surface area contributed by atoms with Gasteiger partial charge in [0.1, 0.15) is 16.8 Å². The number of nitrogens with one attached hydrogen (secondary N) is 1. The highest BCUT2D eigenvalue weighted by Gasteiger charge is 2.18. The molecule has 0 aliphatic carbocycles. The van der Waals surface area contributed by atoms with E-state index >= 15 is 0 Å². The number of hydrogen-bond acceptors (Lipinski definition) is 5. The normalized spacial score (nSPS) is 10.6. The lowest BCUT2D eigenvalue weighted by molar-refractivity contribution is -0.115. The molecule has 3 rings (SSSR count). The minimum Gasteiger partial charge on any atom is -0.320 e. The van der Waals surface area contributed by atoms with Gasteiger partial charge in [-0.1, -0.05) is 18.2 Å². The number of anilines is 1. The van der Waals surface area contributed by atoms with Gasteiger partial charge in [0.05, 0.1) is 16.9 Å². The molecule has 0 radical (unpaired) electrons. The standard InChI is InChI=1S/C21H21N5O2S/c1-14-9-10-16(13-22)20(23-14)29-12-11-18(27)24-19-15(2)25(3)26(21(19)28)17-7-5-4-6-8-17/h4-10H,11-12H2,1-3H3,(H,24,27). The molecule has 148 valence electrons. The summed E-state index contributed by atoms with van der Waals surface area (Å²) in [7, 11) is 1.78. The van der Waals surface area contributed by atoms with E-state index in [4.69, 9.17) is 0 Å². The molecule has 0 bridgehead atoms. The molecular weight excluding hydrogens is 386 g/mol. The van der Waals surface area contributed by atoms with Crippen LogP contribution in [-0.4, -0.2) is 26.0 Å². The largest absolute Gasteiger partial charge is 0.320 e. The predicted molar refractivity (Wildman–Crippen MR) is 113 cm³/mol. The van der Waals surface area contributed by atoms with Crippen LogP contribution in [0.5, 0.6) is 0 Å². The average Bonchev–Trinajstić information content (AvgIpc) is 2.92. The van der Waals surface area contributed by atoms with Crippen LogP contribution in [0.4, 0.5) is 5.69 Å². The lowest BCUT2D eigenvalue weighted by Crippen LogP contribution is -2.23. The van der Waals surface area contributed by atoms with Crippen molar-refractivity contribution in [2.75, 3.05) is 11.1 Å². The third kappa shape index (κ3) is 4.41. The maximum Gasteiger partial charge on any atom is 0.295 e. The quantitative estimate of drug-likeness (QED) is 0.634. The van der Waals surface area contributed by atoms with Gasteiger partial charge >= 0.3 is 0 Å². The number of nitrogens with zero attached hydrogens (tertiary/aromatic N) is 4. The van der Waals surface area contributed by atoms with Crippen LogP contribution < -0.4 is 10.9 Å². The zero-order valence-corrected chi connectivity index (χ0v) is 17.3. The van der Waals surface area contributed by atoms with Crippen LogP contribution in [0.3, 0.4) is 0 Å². The number of carbonyl (C=O) groups is 1. The SMILES string of the molecule is Cc1ccc(C#N)c(SCCC(=O)Nc2c(C)n(C)n(-c3ccccc3)c2=O)n1. The fraction of sp³-hybridized carbons (Fsp3) is 0.238. The Hall–Kier alpha value is -3.31. The number of para-hydroxylation sites is 1. The highest BCUT2D eigenvalue weighted by Crippen LogP contribution is 2.21. The molecule has 1 amide bonds. The van der Waals surface area contributed by atoms with Crippen LogP contribution in [0.1, 0.15) is 23.4 Å². The predicted octanol–water partition coefficient (Wildman–Crippen LogP) is 3.18. The van der Waals surface area contributed by atoms with Gasteiger partial charge < -0.3 is 5.32 Å². The van der Waals surface area contributed by atoms with Gasteiger partial charge in [-0.15, -0.1) is 11.8 Å². The lowest BCUT2D eigenvalue weighted by atomic mass is 10.3. The fourth-order valence-electron chi connectivity index (χ4n) is 2.88. The molecule has 0 saturated carbocycles. The van der Waals surface area contributed by atoms with Crippen molar-refractivity contribution in [3.63, 3.8) is 0 Å². The summed E-state index contributed by atoms with van der Waals surface area (Å²) in [4.78, 5) is 29.6. The number of hydrogen-bond donors (Lipinski definition) is 1. The Labute approximate surface area is 173 Å². The van der Waals surface area contributed by atoms with Gasteiger partial charge in [0.2, 0.25) is 5.91 Å². The highest BCUT2D eigenvalue weighted by atomic mass is 32.2. The number of nitriles is 1. The summed E-state index contributed by atoms with van der Waals surface area (Å²) < 4.78 is 3.24. The van der Waals surface area contributed by atoms with Crippen LogP contribution in [0, 0.1) is 25.2 Å². The Balaban J connectivity index is 1.70. The van der Waals surface area contributed by atoms with Gasteiger partial charge in [0.25, 0.3) is 5.56 Å². The van der Waals surface area contributed by atoms with Gasteiger partial charge in [-0.3, -0.25) is 14.3 Å². The first-order valence-electron chi connectivity index (χ1n) is 9.06. The number of pyridine rings is 1. The number of amides is 1. The molecule has 7 nitrogen and oxygen atoms in total. The topological polar surface area (TPSA) is 92.7 Å². The summed E-state index contributed by atoms with van der Waals surface area (Å²) >= 11 is 1.36. The van der Waals surface area contributed by atoms with Crippen LogP contribution >= 0.6 is 11.8 Å². The molecule has 3 aromatic rings. The second-order valence-electron chi connectivity index (χ2n) is 6.50. The molecule has 0 unspecified atom stereocenters. The summed E-state index contributed by atoms with van der Waals surface area (Å²) in [5.74, 6) is 0.199. The van der Waals surface area contributed by atoms with E-state index in [-0.39, 0.29) is 23.6 Å². The van der Waals surface area contributed by atoms with Crippen LogP contribution in [-0.2, 0) is 11.8 Å². The van der Waals surface area contributed by atoms with Crippen molar-refractivity contribution < 1.29 is 4.79 Å². The van der Waals surface area contributed by atoms with Crippen molar-refractivity contribution in [1.29, 1.82) is 5.26 Å². The van der Waals surface area contributed by atoms with E-state index in [1.165, 1.54) is 16.4 Å². The summed E-state index contributed by atoms with van der Waals surface area (Å²) in [6.45, 7) is 3.65. The third-order valence-corrected chi connectivity index (χ3v) is 5.50. The highest BCUT2D eigenvalue weighted by molar-refractivity contribution is 7.99. The summed E-state index contributed by atoms with van der Waals surface area (Å²) in [5.41, 5.74) is 2.71. The summed E-state index contributed by atoms with van der Waals surface area (Å²) in [6, 6.07) is 14.9. The van der Waals surface area contributed by atoms with E-state index in [0.717, 1.165) is 11.4 Å². The van der Waals surface area contributed by atoms with E-state index in [0.29, 0.717) is 22.0 Å². The molecule has 0 atom stereocenters. The molecule has 2 heterocycles. The van der Waals surface area contributed by atoms with Gasteiger partial charge in [0, 0.05) is 24.9 Å². The van der Waals surface area contributed by atoms with Crippen LogP contribution in [0.2, 0.25) is 0 Å². The maximum atomic E-state index is 12.8. The van der Waals surface area contributed by atoms with Gasteiger partial charge in [-0.25, -0.2) is 9.67 Å².